The van der Waals surface area contributed by atoms with E-state index in [1.165, 1.54) is 64.2 Å². The topological polar surface area (TPSA) is 78.9 Å². The smallest absolute Gasteiger partial charge is 0.306 e. The summed E-state index contributed by atoms with van der Waals surface area (Å²) in [5, 5.41) is 0. The van der Waals surface area contributed by atoms with Crippen LogP contribution in [-0.4, -0.2) is 37.2 Å². The maximum atomic E-state index is 12.7. The Bertz CT molecular complexity index is 1050. The first-order valence-corrected chi connectivity index (χ1v) is 23.8. The molecule has 0 spiro atoms. The molecule has 0 aromatic rings. The summed E-state index contributed by atoms with van der Waals surface area (Å²) in [6, 6.07) is 0. The summed E-state index contributed by atoms with van der Waals surface area (Å²) in [5.74, 6) is -0.927. The molecule has 1 atom stereocenters. The van der Waals surface area contributed by atoms with Gasteiger partial charge in [-0.1, -0.05) is 171 Å². The van der Waals surface area contributed by atoms with Gasteiger partial charge in [-0.25, -0.2) is 0 Å². The zero-order chi connectivity index (χ0) is 41.5. The van der Waals surface area contributed by atoms with E-state index in [-0.39, 0.29) is 31.1 Å². The number of rotatable bonds is 42. The quantitative estimate of drug-likeness (QED) is 0.0265. The molecule has 1 unspecified atom stereocenters. The number of hydrogen-bond donors (Lipinski definition) is 0. The van der Waals surface area contributed by atoms with E-state index in [4.69, 9.17) is 14.2 Å². The molecule has 0 aliphatic heterocycles. The molecule has 0 aromatic carbocycles. The predicted octanol–water partition coefficient (Wildman–Crippen LogP) is 15.3. The summed E-state index contributed by atoms with van der Waals surface area (Å²) < 4.78 is 16.7. The SMILES string of the molecule is CC/C=C\C/C=C\C/C=C\CCCCCCCC(=O)OC(COC(=O)CCCCCCC/C=C\CC)COC(=O)CCCCCCC/C=C\CCCCCCCC. The molecule has 0 saturated heterocycles. The van der Waals surface area contributed by atoms with E-state index in [2.05, 4.69) is 81.5 Å². The van der Waals surface area contributed by atoms with E-state index < -0.39 is 6.10 Å². The Hall–Kier alpha value is -2.89. The van der Waals surface area contributed by atoms with Gasteiger partial charge >= 0.3 is 17.9 Å². The second-order valence-corrected chi connectivity index (χ2v) is 15.6. The normalized spacial score (nSPS) is 12.5. The van der Waals surface area contributed by atoms with Crippen LogP contribution in [0.25, 0.3) is 0 Å². The molecule has 328 valence electrons. The highest BCUT2D eigenvalue weighted by atomic mass is 16.6. The van der Waals surface area contributed by atoms with Crippen molar-refractivity contribution in [1.29, 1.82) is 0 Å². The molecule has 0 bridgehead atoms. The first-order chi connectivity index (χ1) is 28.0. The van der Waals surface area contributed by atoms with E-state index in [1.807, 2.05) is 0 Å². The summed E-state index contributed by atoms with van der Waals surface area (Å²) in [6.07, 6.45) is 54.9. The van der Waals surface area contributed by atoms with Gasteiger partial charge in [0.05, 0.1) is 0 Å². The van der Waals surface area contributed by atoms with Crippen molar-refractivity contribution in [1.82, 2.24) is 0 Å². The van der Waals surface area contributed by atoms with Crippen LogP contribution in [0.4, 0.5) is 0 Å². The van der Waals surface area contributed by atoms with Gasteiger partial charge in [-0.15, -0.1) is 0 Å². The highest BCUT2D eigenvalue weighted by Crippen LogP contribution is 2.13. The summed E-state index contributed by atoms with van der Waals surface area (Å²) >= 11 is 0. The zero-order valence-corrected chi connectivity index (χ0v) is 37.3. The number of unbranched alkanes of at least 4 members (excludes halogenated alkanes) is 21. The van der Waals surface area contributed by atoms with E-state index in [9.17, 15) is 14.4 Å². The number of carbonyl (C=O) groups is 3. The second kappa shape index (κ2) is 45.8. The maximum Gasteiger partial charge on any atom is 0.306 e. The van der Waals surface area contributed by atoms with Crippen LogP contribution in [0.15, 0.2) is 60.8 Å². The van der Waals surface area contributed by atoms with Crippen molar-refractivity contribution < 1.29 is 28.6 Å². The van der Waals surface area contributed by atoms with Crippen molar-refractivity contribution in [3.8, 4) is 0 Å². The molecule has 0 aliphatic carbocycles. The van der Waals surface area contributed by atoms with Gasteiger partial charge in [0.25, 0.3) is 0 Å². The molecular weight excluding hydrogens is 709 g/mol. The fourth-order valence-corrected chi connectivity index (χ4v) is 6.45. The van der Waals surface area contributed by atoms with Crippen molar-refractivity contribution in [2.24, 2.45) is 0 Å². The van der Waals surface area contributed by atoms with Crippen LogP contribution < -0.4 is 0 Å². The first kappa shape index (κ1) is 54.1. The Kier molecular flexibility index (Phi) is 43.5. The number of allylic oxidation sites excluding steroid dienone is 10. The van der Waals surface area contributed by atoms with Crippen LogP contribution in [0.1, 0.15) is 226 Å². The van der Waals surface area contributed by atoms with Gasteiger partial charge < -0.3 is 14.2 Å². The Morgan fingerprint density at radius 1 is 0.368 bits per heavy atom. The summed E-state index contributed by atoms with van der Waals surface area (Å²) in [6.45, 7) is 6.38. The molecule has 0 aromatic heterocycles. The fraction of sp³-hybridized carbons (Fsp3) is 0.745. The second-order valence-electron chi connectivity index (χ2n) is 15.6. The molecule has 0 amide bonds. The lowest BCUT2D eigenvalue weighted by Crippen LogP contribution is -2.30. The van der Waals surface area contributed by atoms with Crippen LogP contribution in [0.5, 0.6) is 0 Å². The lowest BCUT2D eigenvalue weighted by atomic mass is 10.1. The summed E-state index contributed by atoms with van der Waals surface area (Å²) in [5.41, 5.74) is 0. The molecule has 0 heterocycles. The highest BCUT2D eigenvalue weighted by molar-refractivity contribution is 5.71. The number of esters is 3. The van der Waals surface area contributed by atoms with Crippen LogP contribution in [0, 0.1) is 0 Å². The summed E-state index contributed by atoms with van der Waals surface area (Å²) in [7, 11) is 0. The van der Waals surface area contributed by atoms with E-state index >= 15 is 0 Å². The highest BCUT2D eigenvalue weighted by Gasteiger charge is 2.19. The minimum absolute atomic E-state index is 0.0887. The van der Waals surface area contributed by atoms with E-state index in [1.54, 1.807) is 0 Å². The third-order valence-corrected chi connectivity index (χ3v) is 9.99. The van der Waals surface area contributed by atoms with Crippen molar-refractivity contribution in [3.63, 3.8) is 0 Å². The Balaban J connectivity index is 4.39. The monoisotopic (exact) mass is 797 g/mol. The largest absolute Gasteiger partial charge is 0.462 e. The molecule has 6 nitrogen and oxygen atoms in total. The molecule has 0 fully saturated rings. The van der Waals surface area contributed by atoms with Gasteiger partial charge in [0.2, 0.25) is 0 Å². The van der Waals surface area contributed by atoms with Crippen molar-refractivity contribution in [2.75, 3.05) is 13.2 Å². The van der Waals surface area contributed by atoms with Gasteiger partial charge in [0, 0.05) is 19.3 Å². The molecule has 0 radical (unpaired) electrons. The lowest BCUT2D eigenvalue weighted by molar-refractivity contribution is -0.167. The number of carbonyl (C=O) groups excluding carboxylic acids is 3. The molecule has 57 heavy (non-hydrogen) atoms. The maximum absolute atomic E-state index is 12.7. The summed E-state index contributed by atoms with van der Waals surface area (Å²) in [4.78, 5) is 37.8. The van der Waals surface area contributed by atoms with Crippen molar-refractivity contribution in [2.45, 2.75) is 232 Å². The Morgan fingerprint density at radius 3 is 1.12 bits per heavy atom. The van der Waals surface area contributed by atoms with Crippen LogP contribution in [0.2, 0.25) is 0 Å². The van der Waals surface area contributed by atoms with Gasteiger partial charge in [0.15, 0.2) is 6.10 Å². The van der Waals surface area contributed by atoms with Crippen molar-refractivity contribution >= 4 is 17.9 Å². The minimum Gasteiger partial charge on any atom is -0.462 e. The van der Waals surface area contributed by atoms with Gasteiger partial charge in [-0.3, -0.25) is 14.4 Å². The number of hydrogen-bond acceptors (Lipinski definition) is 6. The van der Waals surface area contributed by atoms with Crippen LogP contribution in [-0.2, 0) is 28.6 Å². The number of ether oxygens (including phenoxy) is 3. The zero-order valence-electron chi connectivity index (χ0n) is 37.3. The molecule has 6 heteroatoms. The van der Waals surface area contributed by atoms with E-state index in [0.29, 0.717) is 19.3 Å². The molecule has 0 saturated carbocycles. The molecule has 0 rings (SSSR count). The van der Waals surface area contributed by atoms with Gasteiger partial charge in [0.1, 0.15) is 13.2 Å². The first-order valence-electron chi connectivity index (χ1n) is 23.8. The molecule has 0 N–H and O–H groups in total. The predicted molar refractivity (Wildman–Crippen MR) is 242 cm³/mol. The Labute approximate surface area is 351 Å². The van der Waals surface area contributed by atoms with Crippen LogP contribution >= 0.6 is 0 Å². The van der Waals surface area contributed by atoms with Crippen molar-refractivity contribution in [3.05, 3.63) is 60.8 Å². The average Bonchev–Trinajstić information content (AvgIpc) is 3.21. The Morgan fingerprint density at radius 2 is 0.684 bits per heavy atom. The fourth-order valence-electron chi connectivity index (χ4n) is 6.45. The van der Waals surface area contributed by atoms with Crippen LogP contribution in [0.3, 0.4) is 0 Å². The van der Waals surface area contributed by atoms with Gasteiger partial charge in [-0.2, -0.15) is 0 Å². The molecule has 0 aliphatic rings. The standard InChI is InChI=1S/C51H88O6/c1-4-7-10-13-16-19-21-23-25-27-29-32-35-38-41-44-50(53)56-47-48(46-55-49(52)43-40-37-34-31-18-15-12-9-6-3)57-51(54)45-42-39-36-33-30-28-26-24-22-20-17-14-11-8-5-2/h8-9,11-12,17,20,23-26,48H,4-7,10,13-16,18-19,21-22,27-47H2,1-3H3/b11-8-,12-9-,20-17-,25-23-,26-24-. The molecular formula is C51H88O6. The average molecular weight is 797 g/mol. The third kappa shape index (κ3) is 44.1. The lowest BCUT2D eigenvalue weighted by Gasteiger charge is -2.18. The van der Waals surface area contributed by atoms with E-state index in [0.717, 1.165) is 122 Å². The minimum atomic E-state index is -0.787. The third-order valence-electron chi connectivity index (χ3n) is 9.99. The van der Waals surface area contributed by atoms with Gasteiger partial charge in [-0.05, 0) is 96.3 Å².